The molecule has 0 aromatic heterocycles. The van der Waals surface area contributed by atoms with Crippen molar-refractivity contribution < 1.29 is 14.3 Å². The highest BCUT2D eigenvalue weighted by molar-refractivity contribution is 5.91. The molecule has 0 radical (unpaired) electrons. The summed E-state index contributed by atoms with van der Waals surface area (Å²) in [5.41, 5.74) is 5.62. The Balaban J connectivity index is 1.66. The summed E-state index contributed by atoms with van der Waals surface area (Å²) in [7, 11) is 0. The SMILES string of the molecule is CCN(CC)C(=O)/C=C/c1ccc(C2c3ccc(O)cc3CCC2c2ccc(F)cc2)cc1. The Kier molecular flexibility index (Phi) is 6.93. The standard InChI is InChI=1S/C29H30FNO2/c1-3-31(4-2)28(33)18-7-20-5-8-22(9-6-20)29-26(21-10-13-24(30)14-11-21)16-12-23-19-25(32)15-17-27(23)29/h5-11,13-15,17-19,26,29,32H,3-4,12,16H2,1-2H3/b18-7+. The van der Waals surface area contributed by atoms with E-state index in [0.717, 1.165) is 29.5 Å². The second-order valence-corrected chi connectivity index (χ2v) is 8.57. The van der Waals surface area contributed by atoms with Crippen LogP contribution < -0.4 is 0 Å². The molecule has 4 rings (SSSR count). The third-order valence-electron chi connectivity index (χ3n) is 6.68. The van der Waals surface area contributed by atoms with E-state index >= 15 is 0 Å². The smallest absolute Gasteiger partial charge is 0.246 e. The highest BCUT2D eigenvalue weighted by Crippen LogP contribution is 2.47. The Morgan fingerprint density at radius 1 is 1.00 bits per heavy atom. The molecule has 3 aromatic carbocycles. The van der Waals surface area contributed by atoms with Gasteiger partial charge in [0.25, 0.3) is 0 Å². The number of fused-ring (bicyclic) bond motifs is 1. The van der Waals surface area contributed by atoms with E-state index in [-0.39, 0.29) is 29.3 Å². The number of carbonyl (C=O) groups excluding carboxylic acids is 1. The predicted molar refractivity (Wildman–Crippen MR) is 131 cm³/mol. The van der Waals surface area contributed by atoms with Gasteiger partial charge in [0.2, 0.25) is 5.91 Å². The van der Waals surface area contributed by atoms with Crippen LogP contribution in [0.2, 0.25) is 0 Å². The number of benzene rings is 3. The van der Waals surface area contributed by atoms with Crippen molar-refractivity contribution in [2.45, 2.75) is 38.5 Å². The quantitative estimate of drug-likeness (QED) is 0.456. The van der Waals surface area contributed by atoms with Gasteiger partial charge in [-0.05, 0) is 90.8 Å². The van der Waals surface area contributed by atoms with Gasteiger partial charge in [0.05, 0.1) is 0 Å². The monoisotopic (exact) mass is 443 g/mol. The number of hydrogen-bond donors (Lipinski definition) is 1. The Morgan fingerprint density at radius 2 is 1.67 bits per heavy atom. The van der Waals surface area contributed by atoms with Crippen LogP contribution in [0.15, 0.2) is 72.8 Å². The van der Waals surface area contributed by atoms with Gasteiger partial charge in [-0.25, -0.2) is 4.39 Å². The van der Waals surface area contributed by atoms with Crippen molar-refractivity contribution in [3.63, 3.8) is 0 Å². The summed E-state index contributed by atoms with van der Waals surface area (Å²) >= 11 is 0. The summed E-state index contributed by atoms with van der Waals surface area (Å²) in [6.45, 7) is 5.34. The molecule has 3 nitrogen and oxygen atoms in total. The minimum absolute atomic E-state index is 0.0152. The molecule has 1 N–H and O–H groups in total. The van der Waals surface area contributed by atoms with E-state index < -0.39 is 0 Å². The van der Waals surface area contributed by atoms with Crippen LogP contribution in [0.3, 0.4) is 0 Å². The van der Waals surface area contributed by atoms with Gasteiger partial charge < -0.3 is 10.0 Å². The fourth-order valence-electron chi connectivity index (χ4n) is 4.91. The molecule has 3 aromatic rings. The van der Waals surface area contributed by atoms with Crippen LogP contribution in [0, 0.1) is 5.82 Å². The number of nitrogens with zero attached hydrogens (tertiary/aromatic N) is 1. The first-order valence-electron chi connectivity index (χ1n) is 11.6. The molecule has 1 aliphatic carbocycles. The topological polar surface area (TPSA) is 40.5 Å². The van der Waals surface area contributed by atoms with Gasteiger partial charge in [-0.15, -0.1) is 0 Å². The van der Waals surface area contributed by atoms with Crippen molar-refractivity contribution in [3.05, 3.63) is 106 Å². The van der Waals surface area contributed by atoms with E-state index in [1.807, 2.05) is 56.3 Å². The lowest BCUT2D eigenvalue weighted by atomic mass is 9.69. The van der Waals surface area contributed by atoms with Gasteiger partial charge in [0, 0.05) is 25.1 Å². The van der Waals surface area contributed by atoms with E-state index in [9.17, 15) is 14.3 Å². The number of halogens is 1. The normalized spacial score (nSPS) is 17.7. The molecule has 0 aliphatic heterocycles. The third-order valence-corrected chi connectivity index (χ3v) is 6.68. The predicted octanol–water partition coefficient (Wildman–Crippen LogP) is 6.27. The van der Waals surface area contributed by atoms with E-state index in [1.54, 1.807) is 17.0 Å². The fraction of sp³-hybridized carbons (Fsp3) is 0.276. The molecular formula is C29H30FNO2. The van der Waals surface area contributed by atoms with Crippen molar-refractivity contribution in [1.82, 2.24) is 4.90 Å². The van der Waals surface area contributed by atoms with Crippen LogP contribution in [-0.2, 0) is 11.2 Å². The molecule has 0 saturated carbocycles. The first-order valence-corrected chi connectivity index (χ1v) is 11.6. The molecular weight excluding hydrogens is 413 g/mol. The van der Waals surface area contributed by atoms with Crippen molar-refractivity contribution in [2.24, 2.45) is 0 Å². The van der Waals surface area contributed by atoms with E-state index in [1.165, 1.54) is 23.3 Å². The van der Waals surface area contributed by atoms with Gasteiger partial charge in [-0.1, -0.05) is 42.5 Å². The lowest BCUT2D eigenvalue weighted by molar-refractivity contribution is -0.125. The molecule has 1 aliphatic rings. The van der Waals surface area contributed by atoms with Crippen LogP contribution in [0.1, 0.15) is 59.9 Å². The number of phenolic OH excluding ortho intramolecular Hbond substituents is 1. The Bertz CT molecular complexity index is 1130. The number of aromatic hydroxyl groups is 1. The lowest BCUT2D eigenvalue weighted by Gasteiger charge is -2.35. The second kappa shape index (κ2) is 10.0. The van der Waals surface area contributed by atoms with Crippen molar-refractivity contribution in [1.29, 1.82) is 0 Å². The minimum Gasteiger partial charge on any atom is -0.508 e. The summed E-state index contributed by atoms with van der Waals surface area (Å²) in [6, 6.07) is 20.8. The van der Waals surface area contributed by atoms with Gasteiger partial charge in [0.1, 0.15) is 11.6 Å². The largest absolute Gasteiger partial charge is 0.508 e. The molecule has 1 amide bonds. The number of amides is 1. The number of rotatable bonds is 6. The number of phenols is 1. The van der Waals surface area contributed by atoms with E-state index in [4.69, 9.17) is 0 Å². The summed E-state index contributed by atoms with van der Waals surface area (Å²) in [5.74, 6) is 0.391. The third kappa shape index (κ3) is 5.00. The lowest BCUT2D eigenvalue weighted by Crippen LogP contribution is -2.28. The first kappa shape index (κ1) is 22.8. The maximum atomic E-state index is 13.6. The summed E-state index contributed by atoms with van der Waals surface area (Å²) < 4.78 is 13.6. The molecule has 33 heavy (non-hydrogen) atoms. The van der Waals surface area contributed by atoms with E-state index in [0.29, 0.717) is 13.1 Å². The summed E-state index contributed by atoms with van der Waals surface area (Å²) in [5, 5.41) is 9.99. The summed E-state index contributed by atoms with van der Waals surface area (Å²) in [4.78, 5) is 14.1. The molecule has 0 fully saturated rings. The maximum absolute atomic E-state index is 13.6. The Morgan fingerprint density at radius 3 is 2.33 bits per heavy atom. The molecule has 0 heterocycles. The van der Waals surface area contributed by atoms with Gasteiger partial charge in [-0.3, -0.25) is 4.79 Å². The number of carbonyl (C=O) groups is 1. The Hall–Kier alpha value is -3.40. The van der Waals surface area contributed by atoms with Gasteiger partial charge in [-0.2, -0.15) is 0 Å². The van der Waals surface area contributed by atoms with Gasteiger partial charge in [0.15, 0.2) is 0 Å². The zero-order valence-corrected chi connectivity index (χ0v) is 19.2. The average molecular weight is 444 g/mol. The van der Waals surface area contributed by atoms with Crippen molar-refractivity contribution in [2.75, 3.05) is 13.1 Å². The van der Waals surface area contributed by atoms with Crippen LogP contribution in [0.5, 0.6) is 5.75 Å². The average Bonchev–Trinajstić information content (AvgIpc) is 2.83. The maximum Gasteiger partial charge on any atom is 0.246 e. The molecule has 2 atom stereocenters. The summed E-state index contributed by atoms with van der Waals surface area (Å²) in [6.07, 6.45) is 5.28. The second-order valence-electron chi connectivity index (χ2n) is 8.57. The molecule has 0 bridgehead atoms. The van der Waals surface area contributed by atoms with Gasteiger partial charge >= 0.3 is 0 Å². The van der Waals surface area contributed by atoms with Crippen molar-refractivity contribution in [3.8, 4) is 5.75 Å². The first-order chi connectivity index (χ1) is 16.0. The molecule has 2 unspecified atom stereocenters. The highest BCUT2D eigenvalue weighted by atomic mass is 19.1. The molecule has 4 heteroatoms. The number of aryl methyl sites for hydroxylation is 1. The highest BCUT2D eigenvalue weighted by Gasteiger charge is 2.32. The molecule has 0 saturated heterocycles. The van der Waals surface area contributed by atoms with Crippen LogP contribution >= 0.6 is 0 Å². The van der Waals surface area contributed by atoms with Crippen LogP contribution in [-0.4, -0.2) is 29.0 Å². The van der Waals surface area contributed by atoms with E-state index in [2.05, 4.69) is 12.1 Å². The zero-order valence-electron chi connectivity index (χ0n) is 19.2. The number of likely N-dealkylation sites (N-methyl/N-ethyl adjacent to an activating group) is 1. The molecule has 170 valence electrons. The van der Waals surface area contributed by atoms with Crippen LogP contribution in [0.25, 0.3) is 6.08 Å². The zero-order chi connectivity index (χ0) is 23.4. The van der Waals surface area contributed by atoms with Crippen LogP contribution in [0.4, 0.5) is 4.39 Å². The minimum atomic E-state index is -0.230. The van der Waals surface area contributed by atoms with Crippen molar-refractivity contribution >= 4 is 12.0 Å². The fourth-order valence-corrected chi connectivity index (χ4v) is 4.91. The number of hydrogen-bond acceptors (Lipinski definition) is 2. The molecule has 0 spiro atoms. The Labute approximate surface area is 195 Å².